The maximum atomic E-state index is 8.84. The highest BCUT2D eigenvalue weighted by molar-refractivity contribution is 7.35. The molecule has 0 saturated carbocycles. The molecule has 0 bridgehead atoms. The highest BCUT2D eigenvalue weighted by atomic mass is 31.0. The topological polar surface area (TPSA) is 52.8 Å². The third kappa shape index (κ3) is 2.47. The van der Waals surface area contributed by atoms with E-state index in [2.05, 4.69) is 23.6 Å². The maximum absolute atomic E-state index is 8.84. The summed E-state index contributed by atoms with van der Waals surface area (Å²) in [6.45, 7) is -0.267. The Balaban J connectivity index is 3.10. The molecule has 2 N–H and O–H groups in total. The quantitative estimate of drug-likeness (QED) is 0.312. The van der Waals surface area contributed by atoms with Crippen molar-refractivity contribution in [1.82, 2.24) is 0 Å². The van der Waals surface area contributed by atoms with E-state index in [4.69, 9.17) is 10.3 Å². The number of benzene rings is 1. The number of hydrogen-bond acceptors (Lipinski definition) is 3. The normalized spacial score (nSPS) is 11.8. The first-order valence-corrected chi connectivity index (χ1v) is 4.81. The van der Waals surface area contributed by atoms with Gasteiger partial charge in [-0.3, -0.25) is 0 Å². The average Bonchev–Trinajstić information content (AvgIpc) is 2.13. The van der Waals surface area contributed by atoms with Gasteiger partial charge in [-0.25, -0.2) is 0 Å². The van der Waals surface area contributed by atoms with Crippen molar-refractivity contribution in [3.05, 3.63) is 23.8 Å². The van der Waals surface area contributed by atoms with Crippen molar-refractivity contribution in [3.63, 3.8) is 0 Å². The molecule has 0 aromatic heterocycles. The molecule has 1 rings (SSSR count). The van der Waals surface area contributed by atoms with Gasteiger partial charge in [0.15, 0.2) is 0 Å². The van der Waals surface area contributed by atoms with Gasteiger partial charge < -0.3 is 10.3 Å². The minimum Gasteiger partial charge on any atom is -0.411 e. The molecule has 0 aliphatic carbocycles. The van der Waals surface area contributed by atoms with E-state index in [1.807, 2.05) is 12.1 Å². The molecule has 0 aliphatic heterocycles. The minimum atomic E-state index is -0.267. The van der Waals surface area contributed by atoms with E-state index in [0.717, 1.165) is 16.2 Å². The lowest BCUT2D eigenvalue weighted by Gasteiger charge is -2.04. The highest BCUT2D eigenvalue weighted by Gasteiger charge is 2.03. The third-order valence-corrected chi connectivity index (χ3v) is 3.05. The van der Waals surface area contributed by atoms with Crippen molar-refractivity contribution in [2.45, 2.75) is 0 Å². The van der Waals surface area contributed by atoms with Gasteiger partial charge in [0.25, 0.3) is 0 Å². The third-order valence-electron chi connectivity index (χ3n) is 1.69. The van der Waals surface area contributed by atoms with Gasteiger partial charge in [0.1, 0.15) is 5.71 Å². The summed E-state index contributed by atoms with van der Waals surface area (Å²) in [7, 11) is 5.16. The predicted molar refractivity (Wildman–Crippen MR) is 60.5 cm³/mol. The van der Waals surface area contributed by atoms with E-state index in [1.54, 1.807) is 6.07 Å². The molecule has 0 spiro atoms. The fraction of sp³-hybridized carbons (Fsp3) is 0.125. The molecule has 2 unspecified atom stereocenters. The molecule has 1 aromatic rings. The van der Waals surface area contributed by atoms with Crippen molar-refractivity contribution in [2.24, 2.45) is 5.16 Å². The average molecular weight is 215 g/mol. The summed E-state index contributed by atoms with van der Waals surface area (Å²) in [5, 5.41) is 22.4. The van der Waals surface area contributed by atoms with Gasteiger partial charge in [-0.1, -0.05) is 17.3 Å². The number of aliphatic hydroxyl groups is 1. The van der Waals surface area contributed by atoms with E-state index in [9.17, 15) is 0 Å². The van der Waals surface area contributed by atoms with E-state index in [-0.39, 0.29) is 12.3 Å². The molecule has 0 aliphatic rings. The first-order chi connectivity index (χ1) is 6.19. The second kappa shape index (κ2) is 4.66. The van der Waals surface area contributed by atoms with E-state index < -0.39 is 0 Å². The SMILES string of the molecule is OC/C(=N/O)c1ccc(P)c(P)c1. The summed E-state index contributed by atoms with van der Waals surface area (Å²) in [5.74, 6) is 0. The Kier molecular flexibility index (Phi) is 3.80. The van der Waals surface area contributed by atoms with Gasteiger partial charge in [0.2, 0.25) is 0 Å². The molecule has 3 nitrogen and oxygen atoms in total. The summed E-state index contributed by atoms with van der Waals surface area (Å²) in [4.78, 5) is 0. The van der Waals surface area contributed by atoms with Crippen molar-refractivity contribution in [1.29, 1.82) is 0 Å². The number of hydrogen-bond donors (Lipinski definition) is 2. The Bertz CT molecular complexity index is 339. The molecule has 70 valence electrons. The lowest BCUT2D eigenvalue weighted by Crippen LogP contribution is -2.15. The molecular formula is C8H11NO2P2. The fourth-order valence-corrected chi connectivity index (χ4v) is 1.39. The molecule has 0 radical (unpaired) electrons. The van der Waals surface area contributed by atoms with E-state index in [1.165, 1.54) is 0 Å². The lowest BCUT2D eigenvalue weighted by molar-refractivity contribution is 0.304. The molecule has 0 heterocycles. The molecule has 0 fully saturated rings. The van der Waals surface area contributed by atoms with Crippen LogP contribution in [0.2, 0.25) is 0 Å². The minimum absolute atomic E-state index is 0.267. The molecule has 1 aromatic carbocycles. The summed E-state index contributed by atoms with van der Waals surface area (Å²) < 4.78 is 0. The van der Waals surface area contributed by atoms with Crippen LogP contribution in [0.1, 0.15) is 5.56 Å². The van der Waals surface area contributed by atoms with Crippen LogP contribution in [0.3, 0.4) is 0 Å². The largest absolute Gasteiger partial charge is 0.411 e. The second-order valence-electron chi connectivity index (χ2n) is 2.55. The predicted octanol–water partition coefficient (Wildman–Crippen LogP) is -0.142. The number of rotatable bonds is 2. The molecule has 0 saturated heterocycles. The molecule has 2 atom stereocenters. The number of oxime groups is 1. The zero-order valence-electron chi connectivity index (χ0n) is 6.94. The van der Waals surface area contributed by atoms with Crippen LogP contribution < -0.4 is 10.6 Å². The summed E-state index contributed by atoms with van der Waals surface area (Å²) in [5.41, 5.74) is 0.995. The zero-order chi connectivity index (χ0) is 9.84. The smallest absolute Gasteiger partial charge is 0.112 e. The highest BCUT2D eigenvalue weighted by Crippen LogP contribution is 2.02. The van der Waals surface area contributed by atoms with Crippen molar-refractivity contribution in [2.75, 3.05) is 6.61 Å². The van der Waals surface area contributed by atoms with Crippen LogP contribution in [0.25, 0.3) is 0 Å². The summed E-state index contributed by atoms with van der Waals surface area (Å²) >= 11 is 0. The van der Waals surface area contributed by atoms with Crippen molar-refractivity contribution >= 4 is 34.8 Å². The molecule has 13 heavy (non-hydrogen) atoms. The van der Waals surface area contributed by atoms with Gasteiger partial charge in [-0.2, -0.15) is 0 Å². The van der Waals surface area contributed by atoms with Crippen molar-refractivity contribution < 1.29 is 10.3 Å². The van der Waals surface area contributed by atoms with Gasteiger partial charge in [0, 0.05) is 5.56 Å². The molecular weight excluding hydrogens is 204 g/mol. The molecule has 0 amide bonds. The number of aliphatic hydroxyl groups excluding tert-OH is 1. The lowest BCUT2D eigenvalue weighted by atomic mass is 10.1. The van der Waals surface area contributed by atoms with Crippen LogP contribution in [-0.4, -0.2) is 22.6 Å². The van der Waals surface area contributed by atoms with Gasteiger partial charge in [0.05, 0.1) is 6.61 Å². The number of nitrogens with zero attached hydrogens (tertiary/aromatic N) is 1. The Labute approximate surface area is 81.3 Å². The first-order valence-electron chi connectivity index (χ1n) is 3.66. The van der Waals surface area contributed by atoms with E-state index >= 15 is 0 Å². The zero-order valence-corrected chi connectivity index (χ0v) is 9.24. The monoisotopic (exact) mass is 215 g/mol. The van der Waals surface area contributed by atoms with Gasteiger partial charge in [-0.05, 0) is 16.7 Å². The summed E-state index contributed by atoms with van der Waals surface area (Å²) in [6, 6.07) is 5.50. The van der Waals surface area contributed by atoms with Gasteiger partial charge in [-0.15, -0.1) is 18.5 Å². The Morgan fingerprint density at radius 2 is 2.00 bits per heavy atom. The second-order valence-corrected chi connectivity index (χ2v) is 3.79. The van der Waals surface area contributed by atoms with Crippen LogP contribution in [0.5, 0.6) is 0 Å². The fourth-order valence-electron chi connectivity index (χ4n) is 0.935. The van der Waals surface area contributed by atoms with Gasteiger partial charge >= 0.3 is 0 Å². The van der Waals surface area contributed by atoms with Crippen LogP contribution in [0.4, 0.5) is 0 Å². The standard InChI is InChI=1S/C8H11NO2P2/c10-4-6(9-11)5-1-2-7(12)8(13)3-5/h1-3,10-11H,4,12-13H2/b9-6-. The first kappa shape index (κ1) is 10.6. The van der Waals surface area contributed by atoms with Crippen molar-refractivity contribution in [3.8, 4) is 0 Å². The summed E-state index contributed by atoms with van der Waals surface area (Å²) in [6.07, 6.45) is 0. The van der Waals surface area contributed by atoms with Crippen LogP contribution in [0, 0.1) is 0 Å². The molecule has 5 heteroatoms. The van der Waals surface area contributed by atoms with Crippen LogP contribution >= 0.6 is 18.5 Å². The Hall–Kier alpha value is -0.490. The maximum Gasteiger partial charge on any atom is 0.112 e. The Morgan fingerprint density at radius 3 is 2.46 bits per heavy atom. The van der Waals surface area contributed by atoms with E-state index in [0.29, 0.717) is 0 Å². The Morgan fingerprint density at radius 1 is 1.31 bits per heavy atom. The van der Waals surface area contributed by atoms with Crippen LogP contribution in [0.15, 0.2) is 23.4 Å². The van der Waals surface area contributed by atoms with Crippen LogP contribution in [-0.2, 0) is 0 Å².